The molecular weight excluding hydrogens is 459 g/mol. The molecule has 0 aliphatic heterocycles. The van der Waals surface area contributed by atoms with Gasteiger partial charge in [0.25, 0.3) is 0 Å². The molecule has 1 aromatic heterocycles. The van der Waals surface area contributed by atoms with Crippen LogP contribution in [0.5, 0.6) is 0 Å². The highest BCUT2D eigenvalue weighted by atomic mass is 19.4. The van der Waals surface area contributed by atoms with Crippen LogP contribution in [0.1, 0.15) is 27.9 Å². The second-order valence-electron chi connectivity index (χ2n) is 8.07. The summed E-state index contributed by atoms with van der Waals surface area (Å²) in [6.07, 6.45) is -2.90. The number of nitrogens with zero attached hydrogens (tertiary/aromatic N) is 1. The zero-order chi connectivity index (χ0) is 25.1. The average Bonchev–Trinajstić information content (AvgIpc) is 2.86. The van der Waals surface area contributed by atoms with E-state index < -0.39 is 28.9 Å². The van der Waals surface area contributed by atoms with Crippen molar-refractivity contribution in [2.75, 3.05) is 0 Å². The molecule has 0 radical (unpaired) electrons. The fourth-order valence-corrected chi connectivity index (χ4v) is 4.06. The molecule has 1 unspecified atom stereocenters. The average molecular weight is 480 g/mol. The number of alkyl halides is 3. The van der Waals surface area contributed by atoms with E-state index in [9.17, 15) is 22.0 Å². The summed E-state index contributed by atoms with van der Waals surface area (Å²) < 4.78 is 69.6. The first-order chi connectivity index (χ1) is 16.7. The van der Waals surface area contributed by atoms with Gasteiger partial charge >= 0.3 is 6.18 Å². The topological polar surface area (TPSA) is 24.9 Å². The van der Waals surface area contributed by atoms with Crippen LogP contribution in [0.2, 0.25) is 0 Å². The lowest BCUT2D eigenvalue weighted by molar-refractivity contribution is -0.137. The van der Waals surface area contributed by atoms with Crippen LogP contribution in [0.3, 0.4) is 0 Å². The third-order valence-electron chi connectivity index (χ3n) is 5.74. The molecule has 0 aliphatic carbocycles. The molecule has 1 heterocycles. The quantitative estimate of drug-likeness (QED) is 0.285. The second-order valence-corrected chi connectivity index (χ2v) is 8.07. The summed E-state index contributed by atoms with van der Waals surface area (Å²) in [6.45, 7) is 3.91. The Bertz CT molecular complexity index is 1320. The van der Waals surface area contributed by atoms with Gasteiger partial charge in [0.05, 0.1) is 11.3 Å². The molecule has 4 aromatic rings. The number of aromatic nitrogens is 1. The molecule has 0 spiro atoms. The van der Waals surface area contributed by atoms with E-state index in [0.29, 0.717) is 5.69 Å². The monoisotopic (exact) mass is 480 g/mol. The Labute approximate surface area is 199 Å². The minimum absolute atomic E-state index is 0.000922. The molecule has 0 amide bonds. The summed E-state index contributed by atoms with van der Waals surface area (Å²) in [5.41, 5.74) is -0.941. The Kier molecular flexibility index (Phi) is 6.69. The molecule has 0 saturated carbocycles. The smallest absolute Gasteiger partial charge is 0.370 e. The van der Waals surface area contributed by atoms with E-state index >= 15 is 0 Å². The third kappa shape index (κ3) is 5.09. The second kappa shape index (κ2) is 9.70. The lowest BCUT2D eigenvalue weighted by atomic mass is 9.79. The number of hydrogen-bond acceptors (Lipinski definition) is 2. The SMILES string of the molecule is C=C(NC(Cc1ccccc1)(c1cccc(C(F)(F)F)c1)c1ccccn1)c1cccc(F)c1F. The Morgan fingerprint density at radius 1 is 0.800 bits per heavy atom. The maximum atomic E-state index is 14.6. The maximum Gasteiger partial charge on any atom is 0.416 e. The van der Waals surface area contributed by atoms with Crippen LogP contribution in [-0.2, 0) is 18.1 Å². The summed E-state index contributed by atoms with van der Waals surface area (Å²) in [6, 6.07) is 22.7. The van der Waals surface area contributed by atoms with Crippen molar-refractivity contribution in [1.29, 1.82) is 0 Å². The number of rotatable bonds is 7. The molecule has 2 nitrogen and oxygen atoms in total. The normalized spacial score (nSPS) is 13.2. The van der Waals surface area contributed by atoms with E-state index in [2.05, 4.69) is 16.9 Å². The van der Waals surface area contributed by atoms with Gasteiger partial charge in [0.15, 0.2) is 11.6 Å². The van der Waals surface area contributed by atoms with Crippen LogP contribution in [-0.4, -0.2) is 4.98 Å². The molecule has 3 aromatic carbocycles. The molecule has 0 fully saturated rings. The van der Waals surface area contributed by atoms with Crippen LogP contribution in [0.15, 0.2) is 104 Å². The lowest BCUT2D eigenvalue weighted by Gasteiger charge is -2.37. The molecule has 0 bridgehead atoms. The van der Waals surface area contributed by atoms with Gasteiger partial charge < -0.3 is 5.32 Å². The Balaban J connectivity index is 1.95. The van der Waals surface area contributed by atoms with Crippen LogP contribution >= 0.6 is 0 Å². The van der Waals surface area contributed by atoms with Gasteiger partial charge in [-0.2, -0.15) is 13.2 Å². The highest BCUT2D eigenvalue weighted by Crippen LogP contribution is 2.38. The molecule has 0 aliphatic rings. The summed E-state index contributed by atoms with van der Waals surface area (Å²) in [5, 5.41) is 3.14. The summed E-state index contributed by atoms with van der Waals surface area (Å²) in [7, 11) is 0. The fourth-order valence-electron chi connectivity index (χ4n) is 4.06. The molecule has 35 heavy (non-hydrogen) atoms. The van der Waals surface area contributed by atoms with Gasteiger partial charge in [0.2, 0.25) is 0 Å². The van der Waals surface area contributed by atoms with Gasteiger partial charge in [-0.15, -0.1) is 0 Å². The number of benzene rings is 3. The molecule has 1 N–H and O–H groups in total. The Hall–Kier alpha value is -4.00. The first-order valence-electron chi connectivity index (χ1n) is 10.8. The van der Waals surface area contributed by atoms with E-state index in [4.69, 9.17) is 0 Å². The largest absolute Gasteiger partial charge is 0.416 e. The van der Waals surface area contributed by atoms with Crippen molar-refractivity contribution in [1.82, 2.24) is 10.3 Å². The molecule has 178 valence electrons. The molecule has 0 saturated heterocycles. The molecule has 7 heteroatoms. The molecular formula is C28H21F5N2. The van der Waals surface area contributed by atoms with Crippen molar-refractivity contribution >= 4 is 5.70 Å². The standard InChI is InChI=1S/C28H21F5N2/c1-19(23-13-8-14-24(29)26(23)30)35-27(25-15-5-6-16-34-25,18-20-9-3-2-4-10-20)21-11-7-12-22(17-21)28(31,32)33/h2-17,35H,1,18H2. The number of hydrogen-bond donors (Lipinski definition) is 1. The molecule has 1 atom stereocenters. The minimum Gasteiger partial charge on any atom is -0.370 e. The van der Waals surface area contributed by atoms with E-state index in [-0.39, 0.29) is 23.2 Å². The maximum absolute atomic E-state index is 14.6. The van der Waals surface area contributed by atoms with Crippen molar-refractivity contribution < 1.29 is 22.0 Å². The predicted octanol–water partition coefficient (Wildman–Crippen LogP) is 7.13. The fraction of sp³-hybridized carbons (Fsp3) is 0.107. The van der Waals surface area contributed by atoms with Gasteiger partial charge in [-0.3, -0.25) is 4.98 Å². The van der Waals surface area contributed by atoms with Crippen molar-refractivity contribution in [3.63, 3.8) is 0 Å². The zero-order valence-corrected chi connectivity index (χ0v) is 18.5. The predicted molar refractivity (Wildman–Crippen MR) is 125 cm³/mol. The van der Waals surface area contributed by atoms with Gasteiger partial charge in [-0.05, 0) is 47.5 Å². The van der Waals surface area contributed by atoms with Crippen molar-refractivity contribution in [3.8, 4) is 0 Å². The lowest BCUT2D eigenvalue weighted by Crippen LogP contribution is -2.45. The summed E-state index contributed by atoms with van der Waals surface area (Å²) in [5.74, 6) is -2.17. The first kappa shape index (κ1) is 24.1. The highest BCUT2D eigenvalue weighted by molar-refractivity contribution is 5.64. The van der Waals surface area contributed by atoms with Gasteiger partial charge in [-0.1, -0.05) is 61.2 Å². The summed E-state index contributed by atoms with van der Waals surface area (Å²) in [4.78, 5) is 4.45. The van der Waals surface area contributed by atoms with Gasteiger partial charge in [-0.25, -0.2) is 8.78 Å². The van der Waals surface area contributed by atoms with Crippen LogP contribution in [0.25, 0.3) is 5.70 Å². The Morgan fingerprint density at radius 3 is 2.17 bits per heavy atom. The van der Waals surface area contributed by atoms with E-state index in [1.807, 2.05) is 30.3 Å². The highest BCUT2D eigenvalue weighted by Gasteiger charge is 2.39. The van der Waals surface area contributed by atoms with Gasteiger partial charge in [0, 0.05) is 23.9 Å². The van der Waals surface area contributed by atoms with Crippen LogP contribution in [0, 0.1) is 11.6 Å². The minimum atomic E-state index is -4.58. The molecule has 4 rings (SSSR count). The number of nitrogens with one attached hydrogen (secondary N) is 1. The van der Waals surface area contributed by atoms with Crippen LogP contribution in [0.4, 0.5) is 22.0 Å². The first-order valence-corrected chi connectivity index (χ1v) is 10.8. The van der Waals surface area contributed by atoms with Crippen molar-refractivity contribution in [3.05, 3.63) is 143 Å². The van der Waals surface area contributed by atoms with Gasteiger partial charge in [0.1, 0.15) is 5.54 Å². The third-order valence-corrected chi connectivity index (χ3v) is 5.74. The van der Waals surface area contributed by atoms with E-state index in [1.54, 1.807) is 24.3 Å². The zero-order valence-electron chi connectivity index (χ0n) is 18.5. The van der Waals surface area contributed by atoms with E-state index in [0.717, 1.165) is 23.8 Å². The number of pyridine rings is 1. The van der Waals surface area contributed by atoms with Crippen LogP contribution < -0.4 is 5.32 Å². The summed E-state index contributed by atoms with van der Waals surface area (Å²) >= 11 is 0. The van der Waals surface area contributed by atoms with Crippen molar-refractivity contribution in [2.45, 2.75) is 18.1 Å². The van der Waals surface area contributed by atoms with Crippen molar-refractivity contribution in [2.24, 2.45) is 0 Å². The van der Waals surface area contributed by atoms with E-state index in [1.165, 1.54) is 24.4 Å². The Morgan fingerprint density at radius 2 is 1.49 bits per heavy atom. The number of halogens is 5.